The van der Waals surface area contributed by atoms with Crippen LogP contribution in [0.15, 0.2) is 22.8 Å². The zero-order chi connectivity index (χ0) is 12.7. The molecule has 0 saturated heterocycles. The highest BCUT2D eigenvalue weighted by atomic mass is 16.3. The first-order chi connectivity index (χ1) is 8.09. The Morgan fingerprint density at radius 2 is 2.18 bits per heavy atom. The lowest BCUT2D eigenvalue weighted by Gasteiger charge is -2.11. The van der Waals surface area contributed by atoms with Crippen molar-refractivity contribution in [3.05, 3.63) is 24.2 Å². The molecule has 0 radical (unpaired) electrons. The van der Waals surface area contributed by atoms with Gasteiger partial charge in [-0.1, -0.05) is 13.8 Å². The third kappa shape index (κ3) is 5.54. The Bertz CT molecular complexity index is 320. The van der Waals surface area contributed by atoms with Crippen LogP contribution in [-0.4, -0.2) is 19.0 Å². The first-order valence-electron chi connectivity index (χ1n) is 6.13. The van der Waals surface area contributed by atoms with Crippen molar-refractivity contribution < 1.29 is 9.21 Å². The van der Waals surface area contributed by atoms with E-state index in [2.05, 4.69) is 24.5 Å². The van der Waals surface area contributed by atoms with Crippen molar-refractivity contribution in [3.63, 3.8) is 0 Å². The second-order valence-corrected chi connectivity index (χ2v) is 4.65. The quantitative estimate of drug-likeness (QED) is 0.764. The van der Waals surface area contributed by atoms with Crippen LogP contribution in [0.4, 0.5) is 0 Å². The summed E-state index contributed by atoms with van der Waals surface area (Å²) in [6.07, 6.45) is 2.65. The van der Waals surface area contributed by atoms with Gasteiger partial charge < -0.3 is 9.73 Å². The summed E-state index contributed by atoms with van der Waals surface area (Å²) in [4.78, 5) is 11.5. The predicted octanol–water partition coefficient (Wildman–Crippen LogP) is 2.09. The molecule has 1 aromatic rings. The van der Waals surface area contributed by atoms with Crippen LogP contribution in [0, 0.1) is 5.92 Å². The maximum atomic E-state index is 11.5. The van der Waals surface area contributed by atoms with E-state index in [-0.39, 0.29) is 11.9 Å². The van der Waals surface area contributed by atoms with Crippen molar-refractivity contribution in [2.45, 2.75) is 33.2 Å². The average Bonchev–Trinajstić information content (AvgIpc) is 2.78. The second-order valence-electron chi connectivity index (χ2n) is 4.65. The fraction of sp³-hybridized carbons (Fsp3) is 0.615. The summed E-state index contributed by atoms with van der Waals surface area (Å²) >= 11 is 0. The Labute approximate surface area is 103 Å². The van der Waals surface area contributed by atoms with Crippen LogP contribution < -0.4 is 10.6 Å². The number of rotatable bonds is 7. The van der Waals surface area contributed by atoms with Crippen molar-refractivity contribution in [2.24, 2.45) is 5.92 Å². The molecule has 0 aliphatic rings. The monoisotopic (exact) mass is 238 g/mol. The molecule has 1 unspecified atom stereocenters. The van der Waals surface area contributed by atoms with Gasteiger partial charge in [-0.2, -0.15) is 0 Å². The van der Waals surface area contributed by atoms with E-state index in [1.54, 1.807) is 6.26 Å². The lowest BCUT2D eigenvalue weighted by Crippen LogP contribution is -2.35. The standard InChI is InChI=1S/C13H22N2O2/c1-10(2)6-7-14-13(16)9-15-11(3)12-5-4-8-17-12/h4-5,8,10-11,15H,6-7,9H2,1-3H3,(H,14,16). The van der Waals surface area contributed by atoms with Crippen molar-refractivity contribution in [3.8, 4) is 0 Å². The zero-order valence-electron chi connectivity index (χ0n) is 10.8. The molecule has 1 atom stereocenters. The molecule has 96 valence electrons. The van der Waals surface area contributed by atoms with Gasteiger partial charge in [0.15, 0.2) is 0 Å². The van der Waals surface area contributed by atoms with Gasteiger partial charge in [0.1, 0.15) is 5.76 Å². The van der Waals surface area contributed by atoms with E-state index in [4.69, 9.17) is 4.42 Å². The SMILES string of the molecule is CC(C)CCNC(=O)CNC(C)c1ccco1. The zero-order valence-corrected chi connectivity index (χ0v) is 10.8. The lowest BCUT2D eigenvalue weighted by atomic mass is 10.1. The molecule has 0 aromatic carbocycles. The summed E-state index contributed by atoms with van der Waals surface area (Å²) in [7, 11) is 0. The van der Waals surface area contributed by atoms with Gasteiger partial charge in [0.25, 0.3) is 0 Å². The van der Waals surface area contributed by atoms with Crippen molar-refractivity contribution in [1.29, 1.82) is 0 Å². The third-order valence-electron chi connectivity index (χ3n) is 2.58. The van der Waals surface area contributed by atoms with Gasteiger partial charge in [-0.15, -0.1) is 0 Å². The summed E-state index contributed by atoms with van der Waals surface area (Å²) in [6, 6.07) is 3.80. The number of furan rings is 1. The molecular formula is C13H22N2O2. The first-order valence-corrected chi connectivity index (χ1v) is 6.13. The summed E-state index contributed by atoms with van der Waals surface area (Å²) in [5.74, 6) is 1.49. The van der Waals surface area contributed by atoms with Gasteiger partial charge in [0.05, 0.1) is 18.8 Å². The Morgan fingerprint density at radius 3 is 2.76 bits per heavy atom. The second kappa shape index (κ2) is 7.12. The number of hydrogen-bond acceptors (Lipinski definition) is 3. The fourth-order valence-corrected chi connectivity index (χ4v) is 1.45. The van der Waals surface area contributed by atoms with Crippen LogP contribution in [-0.2, 0) is 4.79 Å². The summed E-state index contributed by atoms with van der Waals surface area (Å²) in [6.45, 7) is 7.32. The van der Waals surface area contributed by atoms with Crippen LogP contribution in [0.3, 0.4) is 0 Å². The minimum absolute atomic E-state index is 0.0315. The minimum atomic E-state index is 0.0315. The normalized spacial score (nSPS) is 12.7. The molecule has 0 bridgehead atoms. The topological polar surface area (TPSA) is 54.3 Å². The van der Waals surface area contributed by atoms with Gasteiger partial charge in [-0.3, -0.25) is 10.1 Å². The molecule has 4 heteroatoms. The molecule has 4 nitrogen and oxygen atoms in total. The van der Waals surface area contributed by atoms with E-state index in [1.807, 2.05) is 19.1 Å². The number of nitrogens with one attached hydrogen (secondary N) is 2. The molecule has 1 heterocycles. The first kappa shape index (κ1) is 13.8. The predicted molar refractivity (Wildman–Crippen MR) is 67.6 cm³/mol. The maximum Gasteiger partial charge on any atom is 0.233 e. The number of carbonyl (C=O) groups is 1. The Hall–Kier alpha value is -1.29. The van der Waals surface area contributed by atoms with Gasteiger partial charge >= 0.3 is 0 Å². The molecule has 1 amide bonds. The minimum Gasteiger partial charge on any atom is -0.468 e. The van der Waals surface area contributed by atoms with E-state index >= 15 is 0 Å². The molecule has 0 fully saturated rings. The van der Waals surface area contributed by atoms with Crippen LogP contribution in [0.25, 0.3) is 0 Å². The van der Waals surface area contributed by atoms with Crippen LogP contribution >= 0.6 is 0 Å². The maximum absolute atomic E-state index is 11.5. The largest absolute Gasteiger partial charge is 0.468 e. The average molecular weight is 238 g/mol. The van der Waals surface area contributed by atoms with Gasteiger partial charge in [-0.25, -0.2) is 0 Å². The van der Waals surface area contributed by atoms with Crippen molar-refractivity contribution in [1.82, 2.24) is 10.6 Å². The molecule has 0 spiro atoms. The molecule has 0 aliphatic heterocycles. The molecule has 0 saturated carbocycles. The summed E-state index contributed by atoms with van der Waals surface area (Å²) < 4.78 is 5.25. The van der Waals surface area contributed by atoms with Crippen LogP contribution in [0.2, 0.25) is 0 Å². The molecule has 17 heavy (non-hydrogen) atoms. The highest BCUT2D eigenvalue weighted by Crippen LogP contribution is 2.11. The molecule has 1 rings (SSSR count). The fourth-order valence-electron chi connectivity index (χ4n) is 1.45. The van der Waals surface area contributed by atoms with Gasteiger partial charge in [0.2, 0.25) is 5.91 Å². The van der Waals surface area contributed by atoms with E-state index in [0.29, 0.717) is 12.5 Å². The van der Waals surface area contributed by atoms with Gasteiger partial charge in [0, 0.05) is 6.54 Å². The van der Waals surface area contributed by atoms with E-state index < -0.39 is 0 Å². The number of carbonyl (C=O) groups excluding carboxylic acids is 1. The summed E-state index contributed by atoms with van der Waals surface area (Å²) in [5.41, 5.74) is 0. The van der Waals surface area contributed by atoms with Crippen molar-refractivity contribution >= 4 is 5.91 Å². The lowest BCUT2D eigenvalue weighted by molar-refractivity contribution is -0.120. The molecule has 1 aromatic heterocycles. The third-order valence-corrected chi connectivity index (χ3v) is 2.58. The Morgan fingerprint density at radius 1 is 1.41 bits per heavy atom. The van der Waals surface area contributed by atoms with E-state index in [0.717, 1.165) is 18.7 Å². The number of hydrogen-bond donors (Lipinski definition) is 2. The van der Waals surface area contributed by atoms with E-state index in [9.17, 15) is 4.79 Å². The smallest absolute Gasteiger partial charge is 0.233 e. The highest BCUT2D eigenvalue weighted by molar-refractivity contribution is 5.77. The van der Waals surface area contributed by atoms with E-state index in [1.165, 1.54) is 0 Å². The van der Waals surface area contributed by atoms with Crippen LogP contribution in [0.1, 0.15) is 39.0 Å². The molecule has 2 N–H and O–H groups in total. The van der Waals surface area contributed by atoms with Gasteiger partial charge in [-0.05, 0) is 31.4 Å². The Kier molecular flexibility index (Phi) is 5.77. The van der Waals surface area contributed by atoms with Crippen molar-refractivity contribution in [2.75, 3.05) is 13.1 Å². The molecular weight excluding hydrogens is 216 g/mol. The Balaban J connectivity index is 2.15. The summed E-state index contributed by atoms with van der Waals surface area (Å²) in [5, 5.41) is 6.00. The van der Waals surface area contributed by atoms with Crippen LogP contribution in [0.5, 0.6) is 0 Å². The molecule has 0 aliphatic carbocycles. The highest BCUT2D eigenvalue weighted by Gasteiger charge is 2.09. The number of amides is 1.